The molecular weight excluding hydrogens is 488 g/mol. The van der Waals surface area contributed by atoms with Crippen molar-refractivity contribution in [3.63, 3.8) is 0 Å². The van der Waals surface area contributed by atoms with Gasteiger partial charge in [0.2, 0.25) is 5.91 Å². The van der Waals surface area contributed by atoms with Crippen molar-refractivity contribution in [3.05, 3.63) is 73.6 Å². The Morgan fingerprint density at radius 1 is 1.14 bits per heavy atom. The third kappa shape index (κ3) is 5.73. The Hall–Kier alpha value is -4.36. The van der Waals surface area contributed by atoms with Crippen LogP contribution in [-0.4, -0.2) is 36.0 Å². The molecule has 0 spiro atoms. The summed E-state index contributed by atoms with van der Waals surface area (Å²) < 4.78 is 2.09. The summed E-state index contributed by atoms with van der Waals surface area (Å²) in [6, 6.07) is 17.2. The van der Waals surface area contributed by atoms with E-state index in [2.05, 4.69) is 26.9 Å². The van der Waals surface area contributed by atoms with Gasteiger partial charge in [0, 0.05) is 42.9 Å². The van der Waals surface area contributed by atoms with Crippen LogP contribution in [0.5, 0.6) is 0 Å². The molecule has 3 N–H and O–H groups in total. The summed E-state index contributed by atoms with van der Waals surface area (Å²) in [4.78, 5) is 40.0. The summed E-state index contributed by atoms with van der Waals surface area (Å²) in [5, 5.41) is 18.2. The fourth-order valence-electron chi connectivity index (χ4n) is 4.22. The Balaban J connectivity index is 1.51. The van der Waals surface area contributed by atoms with Gasteiger partial charge in [0.25, 0.3) is 11.5 Å². The van der Waals surface area contributed by atoms with E-state index in [4.69, 9.17) is 0 Å². The topological polar surface area (TPSA) is 119 Å². The van der Waals surface area contributed by atoms with Gasteiger partial charge in [-0.1, -0.05) is 24.3 Å². The van der Waals surface area contributed by atoms with E-state index in [9.17, 15) is 19.6 Å². The number of nitriles is 1. The predicted molar refractivity (Wildman–Crippen MR) is 147 cm³/mol. The molecule has 0 saturated heterocycles. The summed E-state index contributed by atoms with van der Waals surface area (Å²) in [5.41, 5.74) is 3.28. The second-order valence-corrected chi connectivity index (χ2v) is 9.42. The van der Waals surface area contributed by atoms with Crippen molar-refractivity contribution in [3.8, 4) is 6.07 Å². The Morgan fingerprint density at radius 3 is 2.68 bits per heavy atom. The lowest BCUT2D eigenvalue weighted by Gasteiger charge is -2.18. The molecule has 0 bridgehead atoms. The standard InChI is InChI=1S/C27H28N6O3S/c1-3-29-25(35)21(15-28)27-33(4-2)26(36)23(37-27)16-30-19-9-7-10-20(14-19)31-24(34)17-32-13-12-18-8-5-6-11-22(18)32/h5-11,14,16,30H,3-4,12-13,17H2,1-2H3,(H,29,35)(H,31,34). The van der Waals surface area contributed by atoms with Crippen LogP contribution in [0.25, 0.3) is 11.8 Å². The Morgan fingerprint density at radius 2 is 1.92 bits per heavy atom. The highest BCUT2D eigenvalue weighted by Gasteiger charge is 2.20. The van der Waals surface area contributed by atoms with Gasteiger partial charge in [-0.05, 0) is 50.1 Å². The van der Waals surface area contributed by atoms with Crippen LogP contribution < -0.4 is 35.6 Å². The number of para-hydroxylation sites is 1. The van der Waals surface area contributed by atoms with Gasteiger partial charge in [-0.25, -0.2) is 0 Å². The van der Waals surface area contributed by atoms with Crippen molar-refractivity contribution in [1.82, 2.24) is 9.88 Å². The average Bonchev–Trinajstić information content (AvgIpc) is 3.44. The SMILES string of the molecule is CCNC(=O)C(C#N)=c1sc(=CNc2cccc(NC(=O)CN3CCc4ccccc43)c2)c(=O)n1CC. The summed E-state index contributed by atoms with van der Waals surface area (Å²) in [6.07, 6.45) is 2.48. The summed E-state index contributed by atoms with van der Waals surface area (Å²) in [7, 11) is 0. The number of fused-ring (bicyclic) bond motifs is 1. The van der Waals surface area contributed by atoms with Gasteiger partial charge in [0.15, 0.2) is 5.57 Å². The number of anilines is 3. The lowest BCUT2D eigenvalue weighted by atomic mass is 10.2. The van der Waals surface area contributed by atoms with E-state index in [0.29, 0.717) is 33.7 Å². The maximum Gasteiger partial charge on any atom is 0.270 e. The molecule has 9 nitrogen and oxygen atoms in total. The van der Waals surface area contributed by atoms with Crippen molar-refractivity contribution in [1.29, 1.82) is 5.26 Å². The molecule has 2 heterocycles. The van der Waals surface area contributed by atoms with Gasteiger partial charge in [0.1, 0.15) is 15.3 Å². The molecule has 2 amide bonds. The maximum atomic E-state index is 12.9. The normalized spacial score (nSPS) is 13.5. The number of carbonyl (C=O) groups excluding carboxylic acids is 2. The zero-order valence-electron chi connectivity index (χ0n) is 20.7. The number of amides is 2. The third-order valence-corrected chi connectivity index (χ3v) is 7.08. The van der Waals surface area contributed by atoms with E-state index in [1.54, 1.807) is 38.2 Å². The number of rotatable bonds is 8. The number of nitrogens with one attached hydrogen (secondary N) is 3. The zero-order valence-corrected chi connectivity index (χ0v) is 21.5. The van der Waals surface area contributed by atoms with E-state index in [0.717, 1.165) is 30.0 Å². The summed E-state index contributed by atoms with van der Waals surface area (Å²) >= 11 is 1.08. The van der Waals surface area contributed by atoms with Crippen LogP contribution in [0.15, 0.2) is 53.3 Å². The number of hydrogen-bond donors (Lipinski definition) is 3. The quantitative estimate of drug-likeness (QED) is 0.418. The number of carbonyl (C=O) groups is 2. The van der Waals surface area contributed by atoms with E-state index >= 15 is 0 Å². The number of thiazole rings is 1. The third-order valence-electron chi connectivity index (χ3n) is 5.95. The van der Waals surface area contributed by atoms with Crippen LogP contribution in [0.2, 0.25) is 0 Å². The van der Waals surface area contributed by atoms with Crippen LogP contribution in [0.1, 0.15) is 19.4 Å². The monoisotopic (exact) mass is 516 g/mol. The van der Waals surface area contributed by atoms with Crippen molar-refractivity contribution < 1.29 is 9.59 Å². The molecule has 1 aromatic heterocycles. The van der Waals surface area contributed by atoms with Crippen molar-refractivity contribution in [2.45, 2.75) is 26.8 Å². The fraction of sp³-hybridized carbons (Fsp3) is 0.259. The van der Waals surface area contributed by atoms with Gasteiger partial charge in [0.05, 0.1) is 6.54 Å². The average molecular weight is 517 g/mol. The molecule has 0 saturated carbocycles. The molecule has 10 heteroatoms. The van der Waals surface area contributed by atoms with Gasteiger partial charge in [-0.3, -0.25) is 19.0 Å². The van der Waals surface area contributed by atoms with Gasteiger partial charge in [-0.15, -0.1) is 11.3 Å². The lowest BCUT2D eigenvalue weighted by molar-refractivity contribution is -0.116. The van der Waals surface area contributed by atoms with Crippen molar-refractivity contribution in [2.75, 3.05) is 35.2 Å². The molecule has 0 fully saturated rings. The number of hydrogen-bond acceptors (Lipinski definition) is 7. The molecule has 2 aromatic carbocycles. The fourth-order valence-corrected chi connectivity index (χ4v) is 5.30. The first-order valence-electron chi connectivity index (χ1n) is 12.1. The number of nitrogens with zero attached hydrogens (tertiary/aromatic N) is 3. The van der Waals surface area contributed by atoms with E-state index in [-0.39, 0.29) is 23.6 Å². The van der Waals surface area contributed by atoms with Crippen molar-refractivity contribution in [2.24, 2.45) is 0 Å². The van der Waals surface area contributed by atoms with Gasteiger partial charge in [-0.2, -0.15) is 5.26 Å². The predicted octanol–water partition coefficient (Wildman–Crippen LogP) is 1.59. The molecule has 190 valence electrons. The number of aromatic nitrogens is 1. The molecular formula is C27H28N6O3S. The van der Waals surface area contributed by atoms with Gasteiger partial charge >= 0.3 is 0 Å². The lowest BCUT2D eigenvalue weighted by Crippen LogP contribution is -2.34. The smallest absolute Gasteiger partial charge is 0.270 e. The minimum atomic E-state index is -0.506. The van der Waals surface area contributed by atoms with Crippen LogP contribution in [0.4, 0.5) is 17.1 Å². The molecule has 0 aliphatic carbocycles. The number of benzene rings is 2. The summed E-state index contributed by atoms with van der Waals surface area (Å²) in [6.45, 7) is 5.33. The largest absolute Gasteiger partial charge is 0.362 e. The molecule has 4 rings (SSSR count). The van der Waals surface area contributed by atoms with Crippen LogP contribution >= 0.6 is 11.3 Å². The van der Waals surface area contributed by atoms with E-state index < -0.39 is 5.91 Å². The second-order valence-electron chi connectivity index (χ2n) is 8.39. The zero-order chi connectivity index (χ0) is 26.4. The highest BCUT2D eigenvalue weighted by Crippen LogP contribution is 2.27. The molecule has 0 atom stereocenters. The van der Waals surface area contributed by atoms with E-state index in [1.807, 2.05) is 30.3 Å². The first kappa shape index (κ1) is 25.7. The molecule has 37 heavy (non-hydrogen) atoms. The first-order valence-corrected chi connectivity index (χ1v) is 12.9. The minimum Gasteiger partial charge on any atom is -0.362 e. The molecule has 1 aliphatic rings. The molecule has 0 unspecified atom stereocenters. The van der Waals surface area contributed by atoms with Crippen LogP contribution in [0.3, 0.4) is 0 Å². The van der Waals surface area contributed by atoms with E-state index in [1.165, 1.54) is 10.1 Å². The second kappa shape index (κ2) is 11.6. The first-order chi connectivity index (χ1) is 17.9. The van der Waals surface area contributed by atoms with Crippen LogP contribution in [-0.2, 0) is 22.6 Å². The highest BCUT2D eigenvalue weighted by molar-refractivity contribution is 7.07. The Kier molecular flexibility index (Phi) is 8.05. The molecule has 0 radical (unpaired) electrons. The van der Waals surface area contributed by atoms with Crippen LogP contribution in [0, 0.1) is 11.3 Å². The Bertz CT molecular complexity index is 1550. The minimum absolute atomic E-state index is 0.0872. The molecule has 3 aromatic rings. The Labute approximate surface area is 218 Å². The molecule has 1 aliphatic heterocycles. The van der Waals surface area contributed by atoms with Gasteiger partial charge < -0.3 is 20.9 Å². The highest BCUT2D eigenvalue weighted by atomic mass is 32.1. The summed E-state index contributed by atoms with van der Waals surface area (Å²) in [5.74, 6) is -0.620. The maximum absolute atomic E-state index is 12.9. The van der Waals surface area contributed by atoms with Crippen molar-refractivity contribution >= 4 is 52.0 Å².